The van der Waals surface area contributed by atoms with Crippen LogP contribution < -0.4 is 20.5 Å². The van der Waals surface area contributed by atoms with Gasteiger partial charge in [-0.25, -0.2) is 14.6 Å². The maximum Gasteiger partial charge on any atom is 0.420 e. The molecule has 0 saturated heterocycles. The summed E-state index contributed by atoms with van der Waals surface area (Å²) in [7, 11) is 1.34. The largest absolute Gasteiger partial charge is 0.491 e. The van der Waals surface area contributed by atoms with Gasteiger partial charge in [0.05, 0.1) is 19.2 Å². The highest BCUT2D eigenvalue weighted by molar-refractivity contribution is 5.93. The third kappa shape index (κ3) is 5.42. The Hall–Kier alpha value is -2.68. The fourth-order valence-electron chi connectivity index (χ4n) is 2.45. The minimum atomic E-state index is -1.04. The normalized spacial score (nSPS) is 14.5. The quantitative estimate of drug-likeness (QED) is 0.756. The highest BCUT2D eigenvalue weighted by atomic mass is 16.6. The minimum Gasteiger partial charge on any atom is -0.491 e. The average molecular weight is 351 g/mol. The highest BCUT2D eigenvalue weighted by Crippen LogP contribution is 2.27. The van der Waals surface area contributed by atoms with Crippen LogP contribution in [-0.2, 0) is 9.53 Å². The first-order valence-electron chi connectivity index (χ1n) is 8.00. The number of nitrogens with zero attached hydrogens (tertiary/aromatic N) is 1. The monoisotopic (exact) mass is 351 g/mol. The molecule has 0 atom stereocenters. The second-order valence-electron chi connectivity index (χ2n) is 5.54. The summed E-state index contributed by atoms with van der Waals surface area (Å²) >= 11 is 0. The second-order valence-corrected chi connectivity index (χ2v) is 5.54. The van der Waals surface area contributed by atoms with Crippen LogP contribution in [0.1, 0.15) is 42.5 Å². The molecular weight excluding hydrogens is 330 g/mol. The number of nitrogens with two attached hydrogens (primary N) is 1. The number of esters is 1. The van der Waals surface area contributed by atoms with Crippen LogP contribution in [0.25, 0.3) is 0 Å². The third-order valence-corrected chi connectivity index (χ3v) is 3.72. The lowest BCUT2D eigenvalue weighted by Gasteiger charge is -2.21. The summed E-state index contributed by atoms with van der Waals surface area (Å²) in [5.41, 5.74) is 5.28. The summed E-state index contributed by atoms with van der Waals surface area (Å²) in [5.74, 6) is -1.32. The van der Waals surface area contributed by atoms with E-state index < -0.39 is 18.0 Å². The minimum absolute atomic E-state index is 0.0634. The molecule has 0 unspecified atom stereocenters. The fourth-order valence-corrected chi connectivity index (χ4v) is 2.45. The van der Waals surface area contributed by atoms with Gasteiger partial charge >= 0.3 is 12.1 Å². The third-order valence-electron chi connectivity index (χ3n) is 3.72. The van der Waals surface area contributed by atoms with Gasteiger partial charge in [-0.1, -0.05) is 6.42 Å². The van der Waals surface area contributed by atoms with Crippen LogP contribution in [0.15, 0.2) is 12.3 Å². The first kappa shape index (κ1) is 18.7. The number of carbonyl (C=O) groups is 3. The van der Waals surface area contributed by atoms with E-state index in [1.807, 2.05) is 5.32 Å². The SMILES string of the molecule is COc1cc(C(=O)OC2CCCCC2)cnc1OC(=O)NC(=O)CN. The number of amides is 2. The molecule has 0 bridgehead atoms. The van der Waals surface area contributed by atoms with Crippen LogP contribution in [0.4, 0.5) is 4.79 Å². The van der Waals surface area contributed by atoms with Crippen LogP contribution in [0.3, 0.4) is 0 Å². The molecule has 1 fully saturated rings. The predicted molar refractivity (Wildman–Crippen MR) is 86.3 cm³/mol. The molecule has 3 N–H and O–H groups in total. The summed E-state index contributed by atoms with van der Waals surface area (Å²) in [5, 5.41) is 1.91. The molecule has 1 aromatic rings. The number of methoxy groups -OCH3 is 1. The van der Waals surface area contributed by atoms with Gasteiger partial charge in [0.1, 0.15) is 6.10 Å². The lowest BCUT2D eigenvalue weighted by molar-refractivity contribution is -0.118. The Bertz CT molecular complexity index is 643. The van der Waals surface area contributed by atoms with E-state index in [0.717, 1.165) is 32.1 Å². The Balaban J connectivity index is 2.03. The number of imide groups is 1. The molecule has 1 saturated carbocycles. The molecule has 136 valence electrons. The van der Waals surface area contributed by atoms with Gasteiger partial charge in [0.25, 0.3) is 5.88 Å². The van der Waals surface area contributed by atoms with Crippen molar-refractivity contribution in [3.05, 3.63) is 17.8 Å². The summed E-state index contributed by atoms with van der Waals surface area (Å²) in [6.45, 7) is -0.356. The Morgan fingerprint density at radius 2 is 2.00 bits per heavy atom. The van der Waals surface area contributed by atoms with Gasteiger partial charge < -0.3 is 19.9 Å². The lowest BCUT2D eigenvalue weighted by atomic mass is 9.98. The van der Waals surface area contributed by atoms with Crippen molar-refractivity contribution in [2.24, 2.45) is 5.73 Å². The lowest BCUT2D eigenvalue weighted by Crippen LogP contribution is -2.37. The van der Waals surface area contributed by atoms with Crippen molar-refractivity contribution in [1.82, 2.24) is 10.3 Å². The topological polar surface area (TPSA) is 130 Å². The smallest absolute Gasteiger partial charge is 0.420 e. The number of ether oxygens (including phenoxy) is 3. The van der Waals surface area contributed by atoms with E-state index >= 15 is 0 Å². The van der Waals surface area contributed by atoms with Crippen LogP contribution in [0.5, 0.6) is 11.6 Å². The van der Waals surface area contributed by atoms with Gasteiger partial charge in [-0.15, -0.1) is 0 Å². The number of aromatic nitrogens is 1. The summed E-state index contributed by atoms with van der Waals surface area (Å²) in [6.07, 6.45) is 5.05. The summed E-state index contributed by atoms with van der Waals surface area (Å²) < 4.78 is 15.4. The average Bonchev–Trinajstić information content (AvgIpc) is 2.62. The Kier molecular flexibility index (Phi) is 6.70. The molecule has 1 aliphatic carbocycles. The van der Waals surface area contributed by atoms with Gasteiger partial charge in [-0.3, -0.25) is 10.1 Å². The van der Waals surface area contributed by atoms with Crippen LogP contribution in [0.2, 0.25) is 0 Å². The maximum atomic E-state index is 12.2. The van der Waals surface area contributed by atoms with Crippen molar-refractivity contribution in [2.45, 2.75) is 38.2 Å². The van der Waals surface area contributed by atoms with E-state index in [9.17, 15) is 14.4 Å². The zero-order valence-corrected chi connectivity index (χ0v) is 13.9. The van der Waals surface area contributed by atoms with E-state index in [0.29, 0.717) is 0 Å². The van der Waals surface area contributed by atoms with Crippen LogP contribution in [-0.4, -0.2) is 42.7 Å². The number of pyridine rings is 1. The number of hydrogen-bond acceptors (Lipinski definition) is 8. The van der Waals surface area contributed by atoms with Crippen molar-refractivity contribution in [3.8, 4) is 11.6 Å². The molecule has 1 aliphatic rings. The van der Waals surface area contributed by atoms with Crippen LogP contribution in [0, 0.1) is 0 Å². The van der Waals surface area contributed by atoms with Gasteiger partial charge in [-0.2, -0.15) is 0 Å². The summed E-state index contributed by atoms with van der Waals surface area (Å²) in [4.78, 5) is 38.7. The zero-order chi connectivity index (χ0) is 18.2. The standard InChI is InChI=1S/C16H21N3O6/c1-23-12-7-10(15(21)24-11-5-3-2-4-6-11)9-18-14(12)25-16(22)19-13(20)8-17/h7,9,11H,2-6,8,17H2,1H3,(H,19,20,22). The predicted octanol–water partition coefficient (Wildman–Crippen LogP) is 1.15. The van der Waals surface area contributed by atoms with Crippen molar-refractivity contribution in [3.63, 3.8) is 0 Å². The number of carbonyl (C=O) groups excluding carboxylic acids is 3. The molecule has 0 aliphatic heterocycles. The van der Waals surface area contributed by atoms with Crippen molar-refractivity contribution < 1.29 is 28.6 Å². The molecule has 25 heavy (non-hydrogen) atoms. The van der Waals surface area contributed by atoms with Crippen molar-refractivity contribution >= 4 is 18.0 Å². The molecular formula is C16H21N3O6. The molecule has 0 spiro atoms. The van der Waals surface area contributed by atoms with E-state index in [2.05, 4.69) is 4.98 Å². The van der Waals surface area contributed by atoms with Gasteiger partial charge in [0, 0.05) is 12.3 Å². The van der Waals surface area contributed by atoms with Crippen LogP contribution >= 0.6 is 0 Å². The van der Waals surface area contributed by atoms with Crippen molar-refractivity contribution in [2.75, 3.05) is 13.7 Å². The van der Waals surface area contributed by atoms with Gasteiger partial charge in [0.15, 0.2) is 5.75 Å². The Morgan fingerprint density at radius 1 is 1.28 bits per heavy atom. The van der Waals surface area contributed by atoms with Gasteiger partial charge in [0.2, 0.25) is 5.91 Å². The molecule has 2 rings (SSSR count). The second kappa shape index (κ2) is 8.97. The molecule has 1 heterocycles. The van der Waals surface area contributed by atoms with E-state index in [1.165, 1.54) is 19.4 Å². The van der Waals surface area contributed by atoms with E-state index in [1.54, 1.807) is 0 Å². The number of hydrogen-bond donors (Lipinski definition) is 2. The van der Waals surface area contributed by atoms with Crippen molar-refractivity contribution in [1.29, 1.82) is 0 Å². The first-order chi connectivity index (χ1) is 12.0. The zero-order valence-electron chi connectivity index (χ0n) is 13.9. The Labute approximate surface area is 144 Å². The summed E-state index contributed by atoms with van der Waals surface area (Å²) in [6, 6.07) is 1.37. The molecule has 9 heteroatoms. The number of nitrogens with one attached hydrogen (secondary N) is 1. The van der Waals surface area contributed by atoms with E-state index in [4.69, 9.17) is 19.9 Å². The maximum absolute atomic E-state index is 12.2. The highest BCUT2D eigenvalue weighted by Gasteiger charge is 2.21. The van der Waals surface area contributed by atoms with Gasteiger partial charge in [-0.05, 0) is 25.7 Å². The molecule has 2 amide bonds. The number of rotatable bonds is 5. The Morgan fingerprint density at radius 3 is 2.64 bits per heavy atom. The molecule has 1 aromatic heterocycles. The fraction of sp³-hybridized carbons (Fsp3) is 0.500. The molecule has 0 aromatic carbocycles. The first-order valence-corrected chi connectivity index (χ1v) is 8.00. The van der Waals surface area contributed by atoms with E-state index in [-0.39, 0.29) is 29.8 Å². The molecule has 0 radical (unpaired) electrons. The molecule has 9 nitrogen and oxygen atoms in total.